The number of carbonyl (C=O) groups excluding carboxylic acids is 1. The topological polar surface area (TPSA) is 103 Å². The van der Waals surface area contributed by atoms with E-state index in [4.69, 9.17) is 5.73 Å². The molecular formula is C16H15N7O. The zero-order valence-electron chi connectivity index (χ0n) is 12.8. The summed E-state index contributed by atoms with van der Waals surface area (Å²) in [7, 11) is 0. The monoisotopic (exact) mass is 321 g/mol. The van der Waals surface area contributed by atoms with E-state index in [1.54, 1.807) is 11.1 Å². The van der Waals surface area contributed by atoms with Gasteiger partial charge < -0.3 is 10.6 Å². The second-order valence-electron chi connectivity index (χ2n) is 5.53. The molecule has 8 nitrogen and oxygen atoms in total. The van der Waals surface area contributed by atoms with Gasteiger partial charge in [-0.2, -0.15) is 9.90 Å². The van der Waals surface area contributed by atoms with E-state index in [1.807, 2.05) is 30.3 Å². The highest BCUT2D eigenvalue weighted by molar-refractivity contribution is 5.92. The van der Waals surface area contributed by atoms with Crippen molar-refractivity contribution >= 4 is 11.9 Å². The Kier molecular flexibility index (Phi) is 3.42. The quantitative estimate of drug-likeness (QED) is 0.750. The molecule has 120 valence electrons. The number of anilines is 1. The van der Waals surface area contributed by atoms with Crippen molar-refractivity contribution < 1.29 is 4.79 Å². The highest BCUT2D eigenvalue weighted by Gasteiger charge is 2.25. The normalized spacial score (nSPS) is 13.6. The van der Waals surface area contributed by atoms with E-state index in [2.05, 4.69) is 20.2 Å². The molecule has 1 aliphatic heterocycles. The van der Waals surface area contributed by atoms with E-state index in [0.717, 1.165) is 16.9 Å². The molecule has 0 unspecified atom stereocenters. The van der Waals surface area contributed by atoms with Crippen LogP contribution in [0.1, 0.15) is 21.7 Å². The predicted octanol–water partition coefficient (Wildman–Crippen LogP) is 0.838. The van der Waals surface area contributed by atoms with Crippen LogP contribution < -0.4 is 5.73 Å². The summed E-state index contributed by atoms with van der Waals surface area (Å²) in [5.41, 5.74) is 8.57. The Balaban J connectivity index is 1.56. The van der Waals surface area contributed by atoms with Gasteiger partial charge in [-0.15, -0.1) is 5.10 Å². The number of nitrogens with two attached hydrogens (primary N) is 1. The average molecular weight is 321 g/mol. The third kappa shape index (κ3) is 2.58. The summed E-state index contributed by atoms with van der Waals surface area (Å²) in [6.45, 7) is 0.996. The van der Waals surface area contributed by atoms with Gasteiger partial charge in [-0.25, -0.2) is 9.97 Å². The van der Waals surface area contributed by atoms with Crippen LogP contribution in [0, 0.1) is 0 Å². The van der Waals surface area contributed by atoms with Gasteiger partial charge in [0.05, 0.1) is 24.1 Å². The van der Waals surface area contributed by atoms with Gasteiger partial charge in [-0.1, -0.05) is 18.2 Å². The number of hydrogen-bond acceptors (Lipinski definition) is 6. The minimum atomic E-state index is -0.167. The van der Waals surface area contributed by atoms with Crippen molar-refractivity contribution in [3.05, 3.63) is 59.7 Å². The van der Waals surface area contributed by atoms with Crippen LogP contribution in [0.4, 0.5) is 5.95 Å². The molecule has 0 fully saturated rings. The molecule has 8 heteroatoms. The van der Waals surface area contributed by atoms with Crippen molar-refractivity contribution in [2.75, 3.05) is 12.3 Å². The van der Waals surface area contributed by atoms with Crippen LogP contribution in [-0.4, -0.2) is 42.3 Å². The molecule has 0 bridgehead atoms. The summed E-state index contributed by atoms with van der Waals surface area (Å²) < 4.78 is 0. The number of nitrogens with zero attached hydrogens (tertiary/aromatic N) is 6. The van der Waals surface area contributed by atoms with Crippen molar-refractivity contribution in [2.45, 2.75) is 13.0 Å². The van der Waals surface area contributed by atoms with Gasteiger partial charge in [-0.05, 0) is 24.1 Å². The van der Waals surface area contributed by atoms with E-state index < -0.39 is 0 Å². The van der Waals surface area contributed by atoms with E-state index in [-0.39, 0.29) is 11.9 Å². The number of rotatable bonds is 2. The van der Waals surface area contributed by atoms with Gasteiger partial charge in [0.1, 0.15) is 0 Å². The summed E-state index contributed by atoms with van der Waals surface area (Å²) in [5.74, 6) is 0.0538. The molecule has 3 heterocycles. The molecule has 0 saturated heterocycles. The third-order valence-corrected chi connectivity index (χ3v) is 3.95. The molecule has 24 heavy (non-hydrogen) atoms. The molecule has 0 saturated carbocycles. The van der Waals surface area contributed by atoms with Crippen molar-refractivity contribution in [3.63, 3.8) is 0 Å². The first-order valence-electron chi connectivity index (χ1n) is 7.58. The number of carbonyl (C=O) groups is 1. The lowest BCUT2D eigenvalue weighted by Gasteiger charge is -2.27. The van der Waals surface area contributed by atoms with E-state index >= 15 is 0 Å². The number of nitrogen functional groups attached to an aromatic ring is 1. The number of fused-ring (bicyclic) bond motifs is 1. The van der Waals surface area contributed by atoms with Crippen LogP contribution in [-0.2, 0) is 13.0 Å². The molecule has 4 rings (SSSR count). The zero-order chi connectivity index (χ0) is 16.5. The van der Waals surface area contributed by atoms with Crippen LogP contribution in [0.15, 0.2) is 42.7 Å². The number of aromatic nitrogens is 5. The zero-order valence-corrected chi connectivity index (χ0v) is 12.8. The molecule has 0 radical (unpaired) electrons. The van der Waals surface area contributed by atoms with Gasteiger partial charge in [0.25, 0.3) is 5.91 Å². The summed E-state index contributed by atoms with van der Waals surface area (Å²) in [5, 5.41) is 8.46. The molecule has 0 atom stereocenters. The Bertz CT molecular complexity index is 890. The van der Waals surface area contributed by atoms with Crippen molar-refractivity contribution in [2.24, 2.45) is 0 Å². The first-order chi connectivity index (χ1) is 11.7. The van der Waals surface area contributed by atoms with E-state index in [9.17, 15) is 4.79 Å². The summed E-state index contributed by atoms with van der Waals surface area (Å²) in [4.78, 5) is 24.0. The SMILES string of the molecule is Nc1ncc2c(n1)CN(C(=O)c1cnn(-c3ccccc3)n1)CC2. The summed E-state index contributed by atoms with van der Waals surface area (Å²) in [6.07, 6.45) is 3.92. The third-order valence-electron chi connectivity index (χ3n) is 3.95. The van der Waals surface area contributed by atoms with Crippen LogP contribution in [0.5, 0.6) is 0 Å². The lowest BCUT2D eigenvalue weighted by Crippen LogP contribution is -2.37. The fraction of sp³-hybridized carbons (Fsp3) is 0.188. The largest absolute Gasteiger partial charge is 0.368 e. The van der Waals surface area contributed by atoms with Gasteiger partial charge in [-0.3, -0.25) is 4.79 Å². The maximum absolute atomic E-state index is 12.7. The maximum atomic E-state index is 12.7. The Hall–Kier alpha value is -3.29. The molecule has 0 spiro atoms. The Morgan fingerprint density at radius 1 is 1.17 bits per heavy atom. The van der Waals surface area contributed by atoms with Crippen molar-refractivity contribution in [3.8, 4) is 5.69 Å². The number of benzene rings is 1. The van der Waals surface area contributed by atoms with Crippen LogP contribution >= 0.6 is 0 Å². The van der Waals surface area contributed by atoms with E-state index in [1.165, 1.54) is 11.0 Å². The Morgan fingerprint density at radius 2 is 2.00 bits per heavy atom. The summed E-state index contributed by atoms with van der Waals surface area (Å²) in [6, 6.07) is 9.46. The fourth-order valence-corrected chi connectivity index (χ4v) is 2.70. The molecule has 1 aliphatic rings. The minimum absolute atomic E-state index is 0.167. The van der Waals surface area contributed by atoms with Crippen LogP contribution in [0.2, 0.25) is 0 Å². The van der Waals surface area contributed by atoms with Crippen LogP contribution in [0.3, 0.4) is 0 Å². The lowest BCUT2D eigenvalue weighted by atomic mass is 10.1. The first kappa shape index (κ1) is 14.3. The Morgan fingerprint density at radius 3 is 2.83 bits per heavy atom. The molecule has 2 aromatic heterocycles. The smallest absolute Gasteiger partial charge is 0.276 e. The second-order valence-corrected chi connectivity index (χ2v) is 5.53. The molecular weight excluding hydrogens is 306 g/mol. The van der Waals surface area contributed by atoms with Gasteiger partial charge in [0.2, 0.25) is 5.95 Å². The Labute approximate surface area is 137 Å². The minimum Gasteiger partial charge on any atom is -0.368 e. The standard InChI is InChI=1S/C16H15N7O/c17-16-18-8-11-6-7-22(10-14(11)20-16)15(24)13-9-19-23(21-13)12-4-2-1-3-5-12/h1-5,8-9H,6-7,10H2,(H2,17,18,20). The van der Waals surface area contributed by atoms with Crippen molar-refractivity contribution in [1.82, 2.24) is 29.9 Å². The second kappa shape index (κ2) is 5.73. The lowest BCUT2D eigenvalue weighted by molar-refractivity contribution is 0.0725. The highest BCUT2D eigenvalue weighted by atomic mass is 16.2. The van der Waals surface area contributed by atoms with Gasteiger partial charge in [0.15, 0.2) is 5.69 Å². The maximum Gasteiger partial charge on any atom is 0.276 e. The molecule has 3 aromatic rings. The number of hydrogen-bond donors (Lipinski definition) is 1. The van der Waals surface area contributed by atoms with E-state index in [0.29, 0.717) is 25.2 Å². The predicted molar refractivity (Wildman–Crippen MR) is 86.2 cm³/mol. The van der Waals surface area contributed by atoms with Gasteiger partial charge >= 0.3 is 0 Å². The molecule has 0 aliphatic carbocycles. The van der Waals surface area contributed by atoms with Gasteiger partial charge in [0, 0.05) is 12.7 Å². The fourth-order valence-electron chi connectivity index (χ4n) is 2.70. The molecule has 2 N–H and O–H groups in total. The van der Waals surface area contributed by atoms with Crippen LogP contribution in [0.25, 0.3) is 5.69 Å². The molecule has 1 aromatic carbocycles. The average Bonchev–Trinajstić information content (AvgIpc) is 3.11. The highest BCUT2D eigenvalue weighted by Crippen LogP contribution is 2.18. The summed E-state index contributed by atoms with van der Waals surface area (Å²) >= 11 is 0. The number of amides is 1. The van der Waals surface area contributed by atoms with Crippen molar-refractivity contribution in [1.29, 1.82) is 0 Å². The number of para-hydroxylation sites is 1. The first-order valence-corrected chi connectivity index (χ1v) is 7.58. The molecule has 1 amide bonds.